The molecule has 3 heteroatoms. The topological polar surface area (TPSA) is 6.48 Å². The number of hydrogen-bond acceptors (Lipinski definition) is 2. The average Bonchev–Trinajstić information content (AvgIpc) is 2.29. The van der Waals surface area contributed by atoms with Gasteiger partial charge in [0.2, 0.25) is 0 Å². The van der Waals surface area contributed by atoms with E-state index in [2.05, 4.69) is 57.2 Å². The third-order valence-electron chi connectivity index (χ3n) is 3.49. The van der Waals surface area contributed by atoms with E-state index in [0.717, 1.165) is 6.54 Å². The molecule has 1 aromatic rings. The summed E-state index contributed by atoms with van der Waals surface area (Å²) in [5, 5.41) is 1.28. The number of hydrogen-bond donors (Lipinski definition) is 0. The minimum absolute atomic E-state index is 0.688. The first-order chi connectivity index (χ1) is 8.15. The summed E-state index contributed by atoms with van der Waals surface area (Å²) in [4.78, 5) is 5.11. The largest absolute Gasteiger partial charge is 0.298 e. The molecule has 94 valence electrons. The molecule has 0 amide bonds. The minimum Gasteiger partial charge on any atom is -0.298 e. The van der Waals surface area contributed by atoms with Crippen LogP contribution in [0.25, 0.3) is 0 Å². The smallest absolute Gasteiger partial charge is 0.0235 e. The maximum absolute atomic E-state index is 2.77. The van der Waals surface area contributed by atoms with Crippen molar-refractivity contribution < 1.29 is 0 Å². The van der Waals surface area contributed by atoms with Crippen molar-refractivity contribution in [3.05, 3.63) is 29.8 Å². The lowest BCUT2D eigenvalue weighted by Gasteiger charge is -2.36. The summed E-state index contributed by atoms with van der Waals surface area (Å²) in [6.45, 7) is 10.5. The van der Waals surface area contributed by atoms with E-state index in [9.17, 15) is 0 Å². The Bertz CT molecular complexity index is 357. The van der Waals surface area contributed by atoms with Crippen molar-refractivity contribution in [2.75, 3.05) is 26.2 Å². The molecule has 0 bridgehead atoms. The predicted octanol–water partition coefficient (Wildman–Crippen LogP) is 1.71. The van der Waals surface area contributed by atoms with Crippen molar-refractivity contribution in [1.29, 1.82) is 0 Å². The van der Waals surface area contributed by atoms with Gasteiger partial charge >= 0.3 is 0 Å². The Morgan fingerprint density at radius 2 is 1.88 bits per heavy atom. The molecule has 0 aromatic heterocycles. The van der Waals surface area contributed by atoms with Crippen LogP contribution in [0.1, 0.15) is 19.4 Å². The van der Waals surface area contributed by atoms with Crippen LogP contribution in [0, 0.1) is 0 Å². The SMILES string of the molecule is CC(C)N1CCN(Cc2cccc(P)c2)CC1. The summed E-state index contributed by atoms with van der Waals surface area (Å²) in [5.41, 5.74) is 1.43. The molecular formula is C14H23N2P. The first kappa shape index (κ1) is 13.0. The quantitative estimate of drug-likeness (QED) is 0.754. The molecule has 1 atom stereocenters. The highest BCUT2D eigenvalue weighted by Gasteiger charge is 2.18. The second kappa shape index (κ2) is 5.95. The number of nitrogens with zero attached hydrogens (tertiary/aromatic N) is 2. The van der Waals surface area contributed by atoms with Crippen LogP contribution in [0.4, 0.5) is 0 Å². The molecule has 17 heavy (non-hydrogen) atoms. The van der Waals surface area contributed by atoms with Crippen LogP contribution in [-0.4, -0.2) is 42.0 Å². The fourth-order valence-corrected chi connectivity index (χ4v) is 2.71. The Balaban J connectivity index is 1.86. The first-order valence-electron chi connectivity index (χ1n) is 6.46. The number of rotatable bonds is 3. The van der Waals surface area contributed by atoms with Crippen LogP contribution in [-0.2, 0) is 6.54 Å². The van der Waals surface area contributed by atoms with E-state index in [4.69, 9.17) is 0 Å². The van der Waals surface area contributed by atoms with Gasteiger partial charge in [-0.2, -0.15) is 0 Å². The molecule has 1 heterocycles. The fourth-order valence-electron chi connectivity index (χ4n) is 2.39. The van der Waals surface area contributed by atoms with Crippen LogP contribution in [0.15, 0.2) is 24.3 Å². The molecule has 1 aliphatic rings. The summed E-state index contributed by atoms with van der Waals surface area (Å²) in [6, 6.07) is 9.45. The van der Waals surface area contributed by atoms with Crippen molar-refractivity contribution in [2.24, 2.45) is 0 Å². The van der Waals surface area contributed by atoms with E-state index in [1.165, 1.54) is 37.0 Å². The lowest BCUT2D eigenvalue weighted by Crippen LogP contribution is -2.48. The molecule has 1 aromatic carbocycles. The molecule has 2 nitrogen and oxygen atoms in total. The van der Waals surface area contributed by atoms with Gasteiger partial charge in [-0.1, -0.05) is 24.3 Å². The monoisotopic (exact) mass is 250 g/mol. The first-order valence-corrected chi connectivity index (χ1v) is 7.03. The molecule has 0 spiro atoms. The average molecular weight is 250 g/mol. The summed E-state index contributed by atoms with van der Waals surface area (Å²) in [7, 11) is 2.77. The van der Waals surface area contributed by atoms with E-state index in [0.29, 0.717) is 6.04 Å². The van der Waals surface area contributed by atoms with Gasteiger partial charge in [-0.3, -0.25) is 9.80 Å². The summed E-state index contributed by atoms with van der Waals surface area (Å²) < 4.78 is 0. The van der Waals surface area contributed by atoms with Crippen LogP contribution >= 0.6 is 9.24 Å². The molecule has 0 N–H and O–H groups in total. The van der Waals surface area contributed by atoms with Gasteiger partial charge in [0, 0.05) is 38.8 Å². The van der Waals surface area contributed by atoms with Gasteiger partial charge in [0.1, 0.15) is 0 Å². The van der Waals surface area contributed by atoms with Crippen molar-refractivity contribution in [3.63, 3.8) is 0 Å². The molecule has 1 fully saturated rings. The Kier molecular flexibility index (Phi) is 4.55. The third kappa shape index (κ3) is 3.77. The Hall–Kier alpha value is -0.430. The van der Waals surface area contributed by atoms with Crippen molar-refractivity contribution >= 4 is 14.5 Å². The third-order valence-corrected chi connectivity index (χ3v) is 3.85. The van der Waals surface area contributed by atoms with E-state index >= 15 is 0 Å². The highest BCUT2D eigenvalue weighted by molar-refractivity contribution is 7.27. The Morgan fingerprint density at radius 1 is 1.18 bits per heavy atom. The Morgan fingerprint density at radius 3 is 2.47 bits per heavy atom. The maximum atomic E-state index is 2.77. The molecule has 0 aliphatic carbocycles. The molecule has 1 aliphatic heterocycles. The lowest BCUT2D eigenvalue weighted by atomic mass is 10.2. The van der Waals surface area contributed by atoms with Crippen LogP contribution in [0.5, 0.6) is 0 Å². The van der Waals surface area contributed by atoms with Crippen LogP contribution < -0.4 is 5.30 Å². The summed E-state index contributed by atoms with van der Waals surface area (Å²) in [6.07, 6.45) is 0. The molecular weight excluding hydrogens is 227 g/mol. The van der Waals surface area contributed by atoms with Crippen molar-refractivity contribution in [1.82, 2.24) is 9.80 Å². The van der Waals surface area contributed by atoms with Crippen molar-refractivity contribution in [3.8, 4) is 0 Å². The van der Waals surface area contributed by atoms with Gasteiger partial charge in [0.15, 0.2) is 0 Å². The van der Waals surface area contributed by atoms with Gasteiger partial charge in [-0.25, -0.2) is 0 Å². The van der Waals surface area contributed by atoms with Crippen molar-refractivity contribution in [2.45, 2.75) is 26.4 Å². The van der Waals surface area contributed by atoms with Gasteiger partial charge in [-0.05, 0) is 24.7 Å². The van der Waals surface area contributed by atoms with Gasteiger partial charge in [0.25, 0.3) is 0 Å². The standard InChI is InChI=1S/C14H23N2P/c1-12(2)16-8-6-15(7-9-16)11-13-4-3-5-14(17)10-13/h3-5,10,12H,6-9,11,17H2,1-2H3. The normalized spacial score (nSPS) is 18.8. The van der Waals surface area contributed by atoms with E-state index < -0.39 is 0 Å². The van der Waals surface area contributed by atoms with Crippen LogP contribution in [0.2, 0.25) is 0 Å². The number of piperazine rings is 1. The zero-order chi connectivity index (χ0) is 12.3. The fraction of sp³-hybridized carbons (Fsp3) is 0.571. The summed E-state index contributed by atoms with van der Waals surface area (Å²) in [5.74, 6) is 0. The van der Waals surface area contributed by atoms with E-state index in [1.807, 2.05) is 0 Å². The van der Waals surface area contributed by atoms with Gasteiger partial charge in [0.05, 0.1) is 0 Å². The zero-order valence-corrected chi connectivity index (χ0v) is 12.0. The molecule has 0 radical (unpaired) electrons. The maximum Gasteiger partial charge on any atom is 0.0235 e. The van der Waals surface area contributed by atoms with Crippen LogP contribution in [0.3, 0.4) is 0 Å². The molecule has 1 saturated heterocycles. The summed E-state index contributed by atoms with van der Waals surface area (Å²) >= 11 is 0. The Labute approximate surface area is 107 Å². The molecule has 0 saturated carbocycles. The lowest BCUT2D eigenvalue weighted by molar-refractivity contribution is 0.104. The number of benzene rings is 1. The van der Waals surface area contributed by atoms with Gasteiger partial charge in [-0.15, -0.1) is 9.24 Å². The highest BCUT2D eigenvalue weighted by atomic mass is 31.0. The van der Waals surface area contributed by atoms with Gasteiger partial charge < -0.3 is 0 Å². The highest BCUT2D eigenvalue weighted by Crippen LogP contribution is 2.10. The molecule has 1 unspecified atom stereocenters. The molecule has 2 rings (SSSR count). The second-order valence-corrected chi connectivity index (χ2v) is 5.82. The van der Waals surface area contributed by atoms with E-state index in [1.54, 1.807) is 0 Å². The minimum atomic E-state index is 0.688. The van der Waals surface area contributed by atoms with E-state index in [-0.39, 0.29) is 0 Å². The predicted molar refractivity (Wildman–Crippen MR) is 77.8 cm³/mol. The second-order valence-electron chi connectivity index (χ2n) is 5.15. The zero-order valence-electron chi connectivity index (χ0n) is 10.9.